The number of anilines is 1. The molecular weight excluding hydrogens is 507 g/mol. The lowest BCUT2D eigenvalue weighted by Crippen LogP contribution is -2.28. The highest BCUT2D eigenvalue weighted by atomic mass is 35.5. The van der Waals surface area contributed by atoms with Gasteiger partial charge in [0.1, 0.15) is 10.4 Å². The van der Waals surface area contributed by atoms with Crippen molar-refractivity contribution in [2.75, 3.05) is 5.32 Å². The minimum absolute atomic E-state index is 0.0192. The van der Waals surface area contributed by atoms with Crippen molar-refractivity contribution in [1.29, 1.82) is 0 Å². The van der Waals surface area contributed by atoms with Crippen LogP contribution in [-0.4, -0.2) is 38.2 Å². The molecule has 1 atom stereocenters. The van der Waals surface area contributed by atoms with E-state index in [1.54, 1.807) is 16.8 Å². The van der Waals surface area contributed by atoms with E-state index in [1.807, 2.05) is 51.1 Å². The van der Waals surface area contributed by atoms with Gasteiger partial charge in [-0.2, -0.15) is 10.2 Å². The number of halogens is 2. The first-order chi connectivity index (χ1) is 16.7. The summed E-state index contributed by atoms with van der Waals surface area (Å²) in [5.74, 6) is -0.532. The lowest BCUT2D eigenvalue weighted by molar-refractivity contribution is -0.122. The van der Waals surface area contributed by atoms with Crippen LogP contribution in [0, 0.1) is 20.8 Å². The first-order valence-corrected chi connectivity index (χ1v) is 12.3. The van der Waals surface area contributed by atoms with Crippen molar-refractivity contribution in [3.8, 4) is 5.69 Å². The molecule has 1 aromatic heterocycles. The smallest absolute Gasteiger partial charge is 0.240 e. The lowest BCUT2D eigenvalue weighted by atomic mass is 10.1. The van der Waals surface area contributed by atoms with Gasteiger partial charge in [-0.05, 0) is 56.7 Å². The molecule has 2 heterocycles. The predicted octanol–water partition coefficient (Wildman–Crippen LogP) is 5.05. The second-order valence-electron chi connectivity index (χ2n) is 7.99. The number of carbonyl (C=O) groups excluding carboxylic acids is 2. The molecule has 180 valence electrons. The summed E-state index contributed by atoms with van der Waals surface area (Å²) in [6.07, 6.45) is 1.50. The average Bonchev–Trinajstić information content (AvgIpc) is 3.29. The Bertz CT molecular complexity index is 1350. The summed E-state index contributed by atoms with van der Waals surface area (Å²) in [5.41, 5.74) is 4.83. The van der Waals surface area contributed by atoms with E-state index in [2.05, 4.69) is 25.9 Å². The van der Waals surface area contributed by atoms with Crippen molar-refractivity contribution < 1.29 is 9.59 Å². The maximum atomic E-state index is 12.5. The van der Waals surface area contributed by atoms with Gasteiger partial charge in [0.2, 0.25) is 11.8 Å². The Morgan fingerprint density at radius 3 is 2.66 bits per heavy atom. The van der Waals surface area contributed by atoms with E-state index in [-0.39, 0.29) is 18.2 Å². The van der Waals surface area contributed by atoms with Gasteiger partial charge in [0, 0.05) is 17.1 Å². The molecular formula is C24H22Cl2N6O2S. The van der Waals surface area contributed by atoms with E-state index < -0.39 is 5.25 Å². The number of amidine groups is 1. The predicted molar refractivity (Wildman–Crippen MR) is 142 cm³/mol. The summed E-state index contributed by atoms with van der Waals surface area (Å²) in [6.45, 7) is 5.72. The number of amides is 2. The van der Waals surface area contributed by atoms with Crippen LogP contribution < -0.4 is 10.6 Å². The van der Waals surface area contributed by atoms with Gasteiger partial charge in [0.05, 0.1) is 23.2 Å². The fraction of sp³-hybridized carbons (Fsp3) is 0.208. The molecule has 4 rings (SSSR count). The molecule has 0 radical (unpaired) electrons. The molecule has 1 aliphatic rings. The summed E-state index contributed by atoms with van der Waals surface area (Å²) in [5, 5.41) is 18.8. The highest BCUT2D eigenvalue weighted by Crippen LogP contribution is 2.25. The highest BCUT2D eigenvalue weighted by Gasteiger charge is 2.32. The Kier molecular flexibility index (Phi) is 7.59. The quantitative estimate of drug-likeness (QED) is 0.345. The van der Waals surface area contributed by atoms with Crippen LogP contribution in [0.25, 0.3) is 5.69 Å². The zero-order chi connectivity index (χ0) is 25.1. The standard InChI is InChI=1S/C24H22Cl2N6O2S/c1-13-4-9-19(14(2)10-13)28-21(33)11-20-23(34)29-24(35-20)30-27-12-18-15(3)31-32(22(18)26)17-7-5-16(25)6-8-17/h4-10,12,20H,11H2,1-3H3,(H,28,33)(H,29,30,34)/b27-12+. The molecule has 3 aromatic rings. The Labute approximate surface area is 216 Å². The summed E-state index contributed by atoms with van der Waals surface area (Å²) in [4.78, 5) is 24.8. The largest absolute Gasteiger partial charge is 0.326 e. The summed E-state index contributed by atoms with van der Waals surface area (Å²) in [6, 6.07) is 12.9. The third kappa shape index (κ3) is 5.93. The molecule has 2 N–H and O–H groups in total. The molecule has 1 unspecified atom stereocenters. The van der Waals surface area contributed by atoms with Crippen LogP contribution in [0.5, 0.6) is 0 Å². The van der Waals surface area contributed by atoms with Gasteiger partial charge in [-0.3, -0.25) is 9.59 Å². The van der Waals surface area contributed by atoms with Crippen molar-refractivity contribution >= 4 is 63.8 Å². The van der Waals surface area contributed by atoms with Crippen molar-refractivity contribution in [2.24, 2.45) is 10.2 Å². The number of aromatic nitrogens is 2. The average molecular weight is 529 g/mol. The first-order valence-electron chi connectivity index (χ1n) is 10.7. The Hall–Kier alpha value is -3.14. The monoisotopic (exact) mass is 528 g/mol. The number of hydrogen-bond donors (Lipinski definition) is 2. The van der Waals surface area contributed by atoms with Crippen LogP contribution >= 0.6 is 35.0 Å². The SMILES string of the molecule is Cc1ccc(NC(=O)CC2S/C(=N/N=C/c3c(C)nn(-c4ccc(Cl)cc4)c3Cl)NC2=O)c(C)c1. The van der Waals surface area contributed by atoms with Gasteiger partial charge >= 0.3 is 0 Å². The van der Waals surface area contributed by atoms with Crippen LogP contribution in [0.1, 0.15) is 28.8 Å². The Morgan fingerprint density at radius 2 is 1.94 bits per heavy atom. The third-order valence-corrected chi connectivity index (χ3v) is 6.95. The first kappa shape index (κ1) is 25.0. The van der Waals surface area contributed by atoms with Gasteiger partial charge in [0.15, 0.2) is 5.17 Å². The van der Waals surface area contributed by atoms with E-state index in [0.29, 0.717) is 26.6 Å². The molecule has 2 amide bonds. The van der Waals surface area contributed by atoms with Crippen molar-refractivity contribution in [3.63, 3.8) is 0 Å². The van der Waals surface area contributed by atoms with Crippen LogP contribution in [0.3, 0.4) is 0 Å². The van der Waals surface area contributed by atoms with Gasteiger partial charge < -0.3 is 10.6 Å². The minimum atomic E-state index is -0.590. The van der Waals surface area contributed by atoms with Crippen LogP contribution in [-0.2, 0) is 9.59 Å². The molecule has 8 nitrogen and oxygen atoms in total. The molecule has 1 saturated heterocycles. The number of hydrogen-bond acceptors (Lipinski definition) is 6. The number of nitrogens with zero attached hydrogens (tertiary/aromatic N) is 4. The Morgan fingerprint density at radius 1 is 1.20 bits per heavy atom. The normalized spacial score (nSPS) is 16.8. The number of aryl methyl sites for hydroxylation is 3. The molecule has 1 aliphatic heterocycles. The molecule has 0 saturated carbocycles. The van der Waals surface area contributed by atoms with Gasteiger partial charge in [0.25, 0.3) is 0 Å². The zero-order valence-corrected chi connectivity index (χ0v) is 21.5. The van der Waals surface area contributed by atoms with E-state index >= 15 is 0 Å². The van der Waals surface area contributed by atoms with E-state index in [9.17, 15) is 9.59 Å². The third-order valence-electron chi connectivity index (χ3n) is 5.26. The number of nitrogens with one attached hydrogen (secondary N) is 2. The van der Waals surface area contributed by atoms with Crippen LogP contribution in [0.2, 0.25) is 10.2 Å². The Balaban J connectivity index is 1.40. The fourth-order valence-corrected chi connectivity index (χ4v) is 4.83. The van der Waals surface area contributed by atoms with Crippen molar-refractivity contribution in [3.05, 3.63) is 75.0 Å². The van der Waals surface area contributed by atoms with Gasteiger partial charge in [-0.15, -0.1) is 5.10 Å². The topological polar surface area (TPSA) is 101 Å². The van der Waals surface area contributed by atoms with E-state index in [0.717, 1.165) is 34.3 Å². The number of rotatable bonds is 6. The lowest BCUT2D eigenvalue weighted by Gasteiger charge is -2.10. The second-order valence-corrected chi connectivity index (χ2v) is 9.98. The fourth-order valence-electron chi connectivity index (χ4n) is 3.46. The maximum Gasteiger partial charge on any atom is 0.240 e. The number of carbonyl (C=O) groups is 2. The molecule has 0 spiro atoms. The second kappa shape index (κ2) is 10.6. The zero-order valence-electron chi connectivity index (χ0n) is 19.2. The summed E-state index contributed by atoms with van der Waals surface area (Å²) in [7, 11) is 0. The molecule has 0 bridgehead atoms. The molecule has 2 aromatic carbocycles. The van der Waals surface area contributed by atoms with Gasteiger partial charge in [-0.25, -0.2) is 4.68 Å². The number of benzene rings is 2. The van der Waals surface area contributed by atoms with Gasteiger partial charge in [-0.1, -0.05) is 52.7 Å². The number of thioether (sulfide) groups is 1. The summed E-state index contributed by atoms with van der Waals surface area (Å²) >= 11 is 13.6. The van der Waals surface area contributed by atoms with Crippen LogP contribution in [0.15, 0.2) is 52.7 Å². The summed E-state index contributed by atoms with van der Waals surface area (Å²) < 4.78 is 1.58. The highest BCUT2D eigenvalue weighted by molar-refractivity contribution is 8.15. The minimum Gasteiger partial charge on any atom is -0.326 e. The van der Waals surface area contributed by atoms with E-state index in [1.165, 1.54) is 6.21 Å². The molecule has 35 heavy (non-hydrogen) atoms. The van der Waals surface area contributed by atoms with E-state index in [4.69, 9.17) is 23.2 Å². The molecule has 1 fully saturated rings. The van der Waals surface area contributed by atoms with Crippen molar-refractivity contribution in [2.45, 2.75) is 32.4 Å². The molecule has 0 aliphatic carbocycles. The van der Waals surface area contributed by atoms with Crippen LogP contribution in [0.4, 0.5) is 5.69 Å². The molecule has 11 heteroatoms. The van der Waals surface area contributed by atoms with Crippen molar-refractivity contribution in [1.82, 2.24) is 15.1 Å². The maximum absolute atomic E-state index is 12.5.